The van der Waals surface area contributed by atoms with E-state index in [9.17, 15) is 0 Å². The van der Waals surface area contributed by atoms with Crippen molar-refractivity contribution in [2.24, 2.45) is 5.92 Å². The van der Waals surface area contributed by atoms with Crippen LogP contribution < -0.4 is 0 Å². The second-order valence-electron chi connectivity index (χ2n) is 3.25. The zero-order valence-electron chi connectivity index (χ0n) is 5.92. The Balaban J connectivity index is 2.04. The zero-order valence-corrected chi connectivity index (χ0v) is 5.92. The fourth-order valence-electron chi connectivity index (χ4n) is 1.96. The van der Waals surface area contributed by atoms with Crippen LogP contribution in [0.1, 0.15) is 25.7 Å². The Morgan fingerprint density at radius 3 is 2.30 bits per heavy atom. The number of hydrogen-bond acceptors (Lipinski definition) is 2. The van der Waals surface area contributed by atoms with E-state index >= 15 is 0 Å². The summed E-state index contributed by atoms with van der Waals surface area (Å²) in [6.07, 6.45) is 5.16. The van der Waals surface area contributed by atoms with Gasteiger partial charge in [0.05, 0.1) is 24.2 Å². The van der Waals surface area contributed by atoms with Crippen LogP contribution in [0.15, 0.2) is 0 Å². The van der Waals surface area contributed by atoms with Crippen LogP contribution in [0, 0.1) is 17.2 Å². The summed E-state index contributed by atoms with van der Waals surface area (Å²) in [5.74, 6) is 0.284. The average molecular weight is 137 g/mol. The van der Waals surface area contributed by atoms with Crippen molar-refractivity contribution in [1.82, 2.24) is 0 Å². The van der Waals surface area contributed by atoms with Gasteiger partial charge in [0.15, 0.2) is 0 Å². The van der Waals surface area contributed by atoms with Crippen LogP contribution in [0.2, 0.25) is 0 Å². The molecule has 2 saturated heterocycles. The maximum Gasteiger partial charge on any atom is 0.0657 e. The van der Waals surface area contributed by atoms with Crippen LogP contribution in [-0.4, -0.2) is 12.2 Å². The van der Waals surface area contributed by atoms with E-state index < -0.39 is 0 Å². The van der Waals surface area contributed by atoms with E-state index in [4.69, 9.17) is 10.00 Å². The standard InChI is InChI=1S/C8H11NO/c9-5-6-3-7-1-2-8(4-6)10-7/h6-8H,1-4H2/t6?,7-,8+. The molecule has 10 heavy (non-hydrogen) atoms. The molecule has 2 fully saturated rings. The van der Waals surface area contributed by atoms with Crippen LogP contribution in [-0.2, 0) is 4.74 Å². The molecule has 0 aromatic heterocycles. The highest BCUT2D eigenvalue weighted by molar-refractivity contribution is 4.93. The molecule has 2 bridgehead atoms. The highest BCUT2D eigenvalue weighted by Gasteiger charge is 2.34. The van der Waals surface area contributed by atoms with Gasteiger partial charge < -0.3 is 4.74 Å². The Labute approximate surface area is 60.8 Å². The molecule has 2 heteroatoms. The number of rotatable bonds is 0. The van der Waals surface area contributed by atoms with Gasteiger partial charge in [-0.25, -0.2) is 0 Å². The maximum absolute atomic E-state index is 8.65. The summed E-state index contributed by atoms with van der Waals surface area (Å²) in [5, 5.41) is 8.65. The summed E-state index contributed by atoms with van der Waals surface area (Å²) in [7, 11) is 0. The molecule has 0 aromatic rings. The van der Waals surface area contributed by atoms with Gasteiger partial charge in [-0.15, -0.1) is 0 Å². The largest absolute Gasteiger partial charge is 0.375 e. The first-order chi connectivity index (χ1) is 4.88. The van der Waals surface area contributed by atoms with E-state index in [1.165, 1.54) is 12.8 Å². The summed E-state index contributed by atoms with van der Waals surface area (Å²) in [6.45, 7) is 0. The third kappa shape index (κ3) is 0.911. The predicted molar refractivity (Wildman–Crippen MR) is 36.2 cm³/mol. The van der Waals surface area contributed by atoms with E-state index in [2.05, 4.69) is 6.07 Å². The van der Waals surface area contributed by atoms with Crippen molar-refractivity contribution in [3.8, 4) is 6.07 Å². The van der Waals surface area contributed by atoms with Crippen molar-refractivity contribution in [1.29, 1.82) is 5.26 Å². The lowest BCUT2D eigenvalue weighted by Gasteiger charge is -2.23. The Kier molecular flexibility index (Phi) is 1.39. The molecule has 0 amide bonds. The summed E-state index contributed by atoms with van der Waals surface area (Å²) in [5.41, 5.74) is 0. The monoisotopic (exact) mass is 137 g/mol. The minimum atomic E-state index is 0.284. The van der Waals surface area contributed by atoms with Gasteiger partial charge in [0.1, 0.15) is 0 Å². The molecule has 1 unspecified atom stereocenters. The van der Waals surface area contributed by atoms with Gasteiger partial charge in [-0.1, -0.05) is 0 Å². The normalized spacial score (nSPS) is 44.9. The van der Waals surface area contributed by atoms with Crippen molar-refractivity contribution in [3.05, 3.63) is 0 Å². The van der Waals surface area contributed by atoms with Gasteiger partial charge in [-0.05, 0) is 25.7 Å². The topological polar surface area (TPSA) is 33.0 Å². The molecular weight excluding hydrogens is 126 g/mol. The highest BCUT2D eigenvalue weighted by atomic mass is 16.5. The lowest BCUT2D eigenvalue weighted by atomic mass is 9.97. The zero-order chi connectivity index (χ0) is 6.97. The SMILES string of the molecule is N#CC1C[C@H]2CC[C@@H](C1)O2. The number of nitriles is 1. The molecule has 54 valence electrons. The van der Waals surface area contributed by atoms with Crippen molar-refractivity contribution in [3.63, 3.8) is 0 Å². The van der Waals surface area contributed by atoms with E-state index in [0.717, 1.165) is 12.8 Å². The van der Waals surface area contributed by atoms with Gasteiger partial charge in [0.2, 0.25) is 0 Å². The Hall–Kier alpha value is -0.550. The summed E-state index contributed by atoms with van der Waals surface area (Å²) in [4.78, 5) is 0. The summed E-state index contributed by atoms with van der Waals surface area (Å²) in [6, 6.07) is 2.32. The number of fused-ring (bicyclic) bond motifs is 2. The van der Waals surface area contributed by atoms with Crippen LogP contribution in [0.3, 0.4) is 0 Å². The van der Waals surface area contributed by atoms with Crippen molar-refractivity contribution >= 4 is 0 Å². The molecule has 0 spiro atoms. The number of nitrogens with zero attached hydrogens (tertiary/aromatic N) is 1. The van der Waals surface area contributed by atoms with Gasteiger partial charge >= 0.3 is 0 Å². The quantitative estimate of drug-likeness (QED) is 0.506. The molecule has 0 radical (unpaired) electrons. The minimum Gasteiger partial charge on any atom is -0.375 e. The van der Waals surface area contributed by atoms with E-state index in [1.54, 1.807) is 0 Å². The lowest BCUT2D eigenvalue weighted by Crippen LogP contribution is -2.23. The highest BCUT2D eigenvalue weighted by Crippen LogP contribution is 2.35. The summed E-state index contributed by atoms with van der Waals surface area (Å²) >= 11 is 0. The first-order valence-electron chi connectivity index (χ1n) is 3.93. The van der Waals surface area contributed by atoms with E-state index in [-0.39, 0.29) is 5.92 Å². The lowest BCUT2D eigenvalue weighted by molar-refractivity contribution is -0.00832. The fourth-order valence-corrected chi connectivity index (χ4v) is 1.96. The molecule has 3 atom stereocenters. The van der Waals surface area contributed by atoms with Gasteiger partial charge in [0.25, 0.3) is 0 Å². The second-order valence-corrected chi connectivity index (χ2v) is 3.25. The molecule has 2 aliphatic heterocycles. The van der Waals surface area contributed by atoms with Crippen LogP contribution in [0.25, 0.3) is 0 Å². The Morgan fingerprint density at radius 1 is 1.20 bits per heavy atom. The molecule has 0 saturated carbocycles. The minimum absolute atomic E-state index is 0.284. The van der Waals surface area contributed by atoms with E-state index in [0.29, 0.717) is 12.2 Å². The molecule has 2 heterocycles. The molecule has 0 N–H and O–H groups in total. The predicted octanol–water partition coefficient (Wildman–Crippen LogP) is 1.47. The Morgan fingerprint density at radius 2 is 1.80 bits per heavy atom. The fraction of sp³-hybridized carbons (Fsp3) is 0.875. The van der Waals surface area contributed by atoms with Crippen LogP contribution in [0.4, 0.5) is 0 Å². The van der Waals surface area contributed by atoms with Crippen molar-refractivity contribution < 1.29 is 4.74 Å². The van der Waals surface area contributed by atoms with Crippen molar-refractivity contribution in [2.45, 2.75) is 37.9 Å². The number of hydrogen-bond donors (Lipinski definition) is 0. The first kappa shape index (κ1) is 6.18. The molecule has 0 aromatic carbocycles. The first-order valence-corrected chi connectivity index (χ1v) is 3.93. The average Bonchev–Trinajstić information content (AvgIpc) is 2.30. The van der Waals surface area contributed by atoms with Crippen LogP contribution in [0.5, 0.6) is 0 Å². The van der Waals surface area contributed by atoms with Crippen molar-refractivity contribution in [2.75, 3.05) is 0 Å². The van der Waals surface area contributed by atoms with Crippen LogP contribution >= 0.6 is 0 Å². The van der Waals surface area contributed by atoms with Gasteiger partial charge in [0, 0.05) is 0 Å². The Bertz CT molecular complexity index is 161. The third-order valence-corrected chi connectivity index (χ3v) is 2.47. The van der Waals surface area contributed by atoms with E-state index in [1.807, 2.05) is 0 Å². The molecule has 0 aliphatic carbocycles. The molecular formula is C8H11NO. The second kappa shape index (κ2) is 2.25. The molecule has 2 rings (SSSR count). The molecule has 2 nitrogen and oxygen atoms in total. The summed E-state index contributed by atoms with van der Waals surface area (Å²) < 4.78 is 5.58. The smallest absolute Gasteiger partial charge is 0.0657 e. The number of ether oxygens (including phenoxy) is 1. The molecule has 2 aliphatic rings. The van der Waals surface area contributed by atoms with Gasteiger partial charge in [-0.3, -0.25) is 0 Å². The third-order valence-electron chi connectivity index (χ3n) is 2.47. The van der Waals surface area contributed by atoms with Gasteiger partial charge in [-0.2, -0.15) is 5.26 Å². The maximum atomic E-state index is 8.65.